The van der Waals surface area contributed by atoms with Crippen molar-refractivity contribution in [2.24, 2.45) is 0 Å². The number of carbonyl (C=O) groups is 1. The lowest BCUT2D eigenvalue weighted by Gasteiger charge is -2.29. The van der Waals surface area contributed by atoms with Crippen molar-refractivity contribution in [3.05, 3.63) is 83.0 Å². The standard InChI is InChI=1S/C24H24BrN3O4S/c25-19-11-9-18(10-12-19)17-28(22-8-4-5-15-26-24(22)29)33(30,31)21-13-14-23(27-16-21)32-20-6-2-1-3-7-20/h1-3,6-7,9-14,16,22H,4-5,8,15,17H2,(H,26,29). The van der Waals surface area contributed by atoms with Crippen LogP contribution in [0.4, 0.5) is 0 Å². The van der Waals surface area contributed by atoms with Gasteiger partial charge in [-0.05, 0) is 55.2 Å². The molecule has 1 aliphatic rings. The second-order valence-electron chi connectivity index (χ2n) is 7.73. The van der Waals surface area contributed by atoms with Crippen LogP contribution in [0.5, 0.6) is 11.6 Å². The van der Waals surface area contributed by atoms with Crippen molar-refractivity contribution in [2.75, 3.05) is 6.54 Å². The van der Waals surface area contributed by atoms with Gasteiger partial charge < -0.3 is 10.1 Å². The van der Waals surface area contributed by atoms with E-state index in [0.717, 1.165) is 22.9 Å². The molecule has 0 radical (unpaired) electrons. The first kappa shape index (κ1) is 23.4. The van der Waals surface area contributed by atoms with Crippen molar-refractivity contribution in [1.29, 1.82) is 0 Å². The Kier molecular flexibility index (Phi) is 7.42. The van der Waals surface area contributed by atoms with Gasteiger partial charge >= 0.3 is 0 Å². The fourth-order valence-electron chi connectivity index (χ4n) is 3.65. The van der Waals surface area contributed by atoms with E-state index in [2.05, 4.69) is 26.2 Å². The molecule has 0 aliphatic carbocycles. The van der Waals surface area contributed by atoms with Gasteiger partial charge in [0.1, 0.15) is 16.7 Å². The van der Waals surface area contributed by atoms with Crippen molar-refractivity contribution < 1.29 is 17.9 Å². The molecule has 33 heavy (non-hydrogen) atoms. The molecular formula is C24H24BrN3O4S. The third-order valence-electron chi connectivity index (χ3n) is 5.39. The van der Waals surface area contributed by atoms with Gasteiger partial charge in [0, 0.05) is 23.6 Å². The Labute approximate surface area is 202 Å². The van der Waals surface area contributed by atoms with E-state index in [1.54, 1.807) is 12.1 Å². The lowest BCUT2D eigenvalue weighted by atomic mass is 10.1. The second kappa shape index (κ2) is 10.5. The molecule has 1 fully saturated rings. The van der Waals surface area contributed by atoms with Crippen LogP contribution in [-0.4, -0.2) is 36.2 Å². The molecule has 7 nitrogen and oxygen atoms in total. The van der Waals surface area contributed by atoms with Gasteiger partial charge in [0.15, 0.2) is 0 Å². The second-order valence-corrected chi connectivity index (χ2v) is 10.5. The first-order valence-electron chi connectivity index (χ1n) is 10.7. The molecule has 1 saturated heterocycles. The molecule has 1 aliphatic heterocycles. The van der Waals surface area contributed by atoms with Gasteiger partial charge in [-0.3, -0.25) is 4.79 Å². The van der Waals surface area contributed by atoms with Crippen molar-refractivity contribution in [1.82, 2.24) is 14.6 Å². The number of amides is 1. The largest absolute Gasteiger partial charge is 0.439 e. The van der Waals surface area contributed by atoms with Crippen molar-refractivity contribution in [2.45, 2.75) is 36.7 Å². The molecule has 2 heterocycles. The van der Waals surface area contributed by atoms with E-state index in [-0.39, 0.29) is 23.2 Å². The Morgan fingerprint density at radius 2 is 1.79 bits per heavy atom. The summed E-state index contributed by atoms with van der Waals surface area (Å²) >= 11 is 3.40. The quantitative estimate of drug-likeness (QED) is 0.486. The molecule has 3 aromatic rings. The molecule has 4 rings (SSSR count). The summed E-state index contributed by atoms with van der Waals surface area (Å²) in [5.41, 5.74) is 0.788. The molecular weight excluding hydrogens is 506 g/mol. The van der Waals surface area contributed by atoms with E-state index in [1.807, 2.05) is 42.5 Å². The Hall–Kier alpha value is -2.75. The zero-order valence-corrected chi connectivity index (χ0v) is 20.3. The van der Waals surface area contributed by atoms with Crippen molar-refractivity contribution >= 4 is 31.9 Å². The van der Waals surface area contributed by atoms with Gasteiger partial charge in [0.2, 0.25) is 21.8 Å². The normalized spacial score (nSPS) is 16.8. The average Bonchev–Trinajstić information content (AvgIpc) is 3.04. The highest BCUT2D eigenvalue weighted by Crippen LogP contribution is 2.27. The maximum absolute atomic E-state index is 13.7. The van der Waals surface area contributed by atoms with Gasteiger partial charge in [-0.1, -0.05) is 46.3 Å². The van der Waals surface area contributed by atoms with Crippen LogP contribution in [-0.2, 0) is 21.4 Å². The number of hydrogen-bond acceptors (Lipinski definition) is 5. The van der Waals surface area contributed by atoms with Crippen LogP contribution >= 0.6 is 15.9 Å². The van der Waals surface area contributed by atoms with Gasteiger partial charge in [-0.15, -0.1) is 0 Å². The Morgan fingerprint density at radius 3 is 2.48 bits per heavy atom. The molecule has 0 bridgehead atoms. The summed E-state index contributed by atoms with van der Waals surface area (Å²) in [5.74, 6) is 0.615. The van der Waals surface area contributed by atoms with Crippen LogP contribution < -0.4 is 10.1 Å². The summed E-state index contributed by atoms with van der Waals surface area (Å²) in [6.07, 6.45) is 3.32. The van der Waals surface area contributed by atoms with Crippen LogP contribution in [0.3, 0.4) is 0 Å². The summed E-state index contributed by atoms with van der Waals surface area (Å²) in [7, 11) is -4.01. The van der Waals surface area contributed by atoms with Crippen molar-refractivity contribution in [3.63, 3.8) is 0 Å². The topological polar surface area (TPSA) is 88.6 Å². The predicted molar refractivity (Wildman–Crippen MR) is 128 cm³/mol. The smallest absolute Gasteiger partial charge is 0.245 e. The molecule has 9 heteroatoms. The monoisotopic (exact) mass is 529 g/mol. The maximum atomic E-state index is 13.7. The number of nitrogens with zero attached hydrogens (tertiary/aromatic N) is 2. The summed E-state index contributed by atoms with van der Waals surface area (Å²) in [5, 5.41) is 2.84. The van der Waals surface area contributed by atoms with Crippen LogP contribution in [0.1, 0.15) is 24.8 Å². The first-order valence-corrected chi connectivity index (χ1v) is 12.9. The van der Waals surface area contributed by atoms with Gasteiger partial charge in [0.25, 0.3) is 0 Å². The molecule has 0 saturated carbocycles. The lowest BCUT2D eigenvalue weighted by Crippen LogP contribution is -2.48. The number of aromatic nitrogens is 1. The van der Waals surface area contributed by atoms with E-state index in [4.69, 9.17) is 4.74 Å². The van der Waals surface area contributed by atoms with Gasteiger partial charge in [0.05, 0.1) is 6.20 Å². The van der Waals surface area contributed by atoms with E-state index in [0.29, 0.717) is 18.7 Å². The number of carbonyl (C=O) groups excluding carboxylic acids is 1. The molecule has 1 amide bonds. The first-order chi connectivity index (χ1) is 15.9. The average molecular weight is 530 g/mol. The van der Waals surface area contributed by atoms with E-state index < -0.39 is 16.1 Å². The number of halogens is 1. The number of benzene rings is 2. The molecule has 1 atom stereocenters. The number of hydrogen-bond donors (Lipinski definition) is 1. The minimum absolute atomic E-state index is 0.0112. The van der Waals surface area contributed by atoms with Crippen LogP contribution in [0.2, 0.25) is 0 Å². The Bertz CT molecular complexity index is 1190. The number of sulfonamides is 1. The molecule has 172 valence electrons. The maximum Gasteiger partial charge on any atom is 0.245 e. The number of rotatable bonds is 7. The minimum Gasteiger partial charge on any atom is -0.439 e. The Morgan fingerprint density at radius 1 is 1.03 bits per heavy atom. The number of nitrogens with one attached hydrogen (secondary N) is 1. The number of pyridine rings is 1. The van der Waals surface area contributed by atoms with Gasteiger partial charge in [-0.2, -0.15) is 4.31 Å². The number of para-hydroxylation sites is 1. The molecule has 1 unspecified atom stereocenters. The summed E-state index contributed by atoms with van der Waals surface area (Å²) in [6.45, 7) is 0.630. The number of ether oxygens (including phenoxy) is 1. The minimum atomic E-state index is -4.01. The van der Waals surface area contributed by atoms with Crippen LogP contribution in [0, 0.1) is 0 Å². The fraction of sp³-hybridized carbons (Fsp3) is 0.250. The zero-order valence-electron chi connectivity index (χ0n) is 17.9. The van der Waals surface area contributed by atoms with E-state index in [9.17, 15) is 13.2 Å². The highest BCUT2D eigenvalue weighted by atomic mass is 79.9. The van der Waals surface area contributed by atoms with Crippen molar-refractivity contribution in [3.8, 4) is 11.6 Å². The third-order valence-corrected chi connectivity index (χ3v) is 7.75. The fourth-order valence-corrected chi connectivity index (χ4v) is 5.47. The molecule has 1 N–H and O–H groups in total. The van der Waals surface area contributed by atoms with Crippen LogP contribution in [0.25, 0.3) is 0 Å². The Balaban J connectivity index is 1.64. The third kappa shape index (κ3) is 5.79. The highest BCUT2D eigenvalue weighted by molar-refractivity contribution is 9.10. The van der Waals surface area contributed by atoms with E-state index in [1.165, 1.54) is 22.6 Å². The predicted octanol–water partition coefficient (Wildman–Crippen LogP) is 4.50. The highest BCUT2D eigenvalue weighted by Gasteiger charge is 2.36. The van der Waals surface area contributed by atoms with Gasteiger partial charge in [-0.25, -0.2) is 13.4 Å². The van der Waals surface area contributed by atoms with E-state index >= 15 is 0 Å². The summed E-state index contributed by atoms with van der Waals surface area (Å²) < 4.78 is 35.2. The molecule has 1 aromatic heterocycles. The van der Waals surface area contributed by atoms with Crippen LogP contribution in [0.15, 0.2) is 82.3 Å². The molecule has 0 spiro atoms. The molecule has 2 aromatic carbocycles. The SMILES string of the molecule is O=C1NCCCCC1N(Cc1ccc(Br)cc1)S(=O)(=O)c1ccc(Oc2ccccc2)nc1. The lowest BCUT2D eigenvalue weighted by molar-refractivity contribution is -0.124. The summed E-state index contributed by atoms with van der Waals surface area (Å²) in [6, 6.07) is 18.7. The summed E-state index contributed by atoms with van der Waals surface area (Å²) in [4.78, 5) is 17.0. The zero-order chi connectivity index (χ0) is 23.3.